The zero-order chi connectivity index (χ0) is 45.4. The normalized spacial score (nSPS) is 17.2. The second kappa shape index (κ2) is 10.2. The molecule has 0 unspecified atom stereocenters. The predicted octanol–water partition coefficient (Wildman–Crippen LogP) is 10.7. The number of hydrogen-bond acceptors (Lipinski definition) is 4. The summed E-state index contributed by atoms with van der Waals surface area (Å²) in [5.41, 5.74) is -2.00. The van der Waals surface area contributed by atoms with E-state index in [9.17, 15) is 2.74 Å². The van der Waals surface area contributed by atoms with E-state index in [-0.39, 0.29) is 28.0 Å². The lowest BCUT2D eigenvalue weighted by Crippen LogP contribution is -2.00. The van der Waals surface area contributed by atoms with E-state index in [0.29, 0.717) is 10.9 Å². The van der Waals surface area contributed by atoms with Crippen LogP contribution in [0.4, 0.5) is 0 Å². The number of aromatic nitrogens is 3. The fourth-order valence-corrected chi connectivity index (χ4v) is 5.25. The molecule has 4 nitrogen and oxygen atoms in total. The Balaban J connectivity index is 1.50. The van der Waals surface area contributed by atoms with Crippen LogP contribution < -0.4 is 0 Å². The lowest BCUT2D eigenvalue weighted by atomic mass is 9.96. The molecule has 0 N–H and O–H groups in total. The summed E-state index contributed by atoms with van der Waals surface area (Å²) in [5, 5.41) is 0.00862. The smallest absolute Gasteiger partial charge is 0.164 e. The molecule has 0 saturated heterocycles. The van der Waals surface area contributed by atoms with E-state index in [4.69, 9.17) is 26.3 Å². The molecule has 2 aromatic heterocycles. The van der Waals surface area contributed by atoms with Crippen molar-refractivity contribution in [1.82, 2.24) is 15.0 Å². The maximum Gasteiger partial charge on any atom is 0.164 e. The van der Waals surface area contributed by atoms with Crippen LogP contribution in [0.1, 0.15) is 24.7 Å². The van der Waals surface area contributed by atoms with E-state index in [1.165, 1.54) is 0 Å². The number of benzene rings is 7. The Labute approximate surface area is 284 Å². The van der Waals surface area contributed by atoms with Crippen LogP contribution in [0, 0.1) is 0 Å². The van der Waals surface area contributed by atoms with Gasteiger partial charge in [0.05, 0.1) is 24.7 Å². The average molecular weight is 594 g/mol. The van der Waals surface area contributed by atoms with Crippen LogP contribution in [-0.4, -0.2) is 15.0 Å². The van der Waals surface area contributed by atoms with Crippen molar-refractivity contribution in [2.24, 2.45) is 0 Å². The van der Waals surface area contributed by atoms with Crippen LogP contribution in [0.2, 0.25) is 0 Å². The van der Waals surface area contributed by atoms with Crippen molar-refractivity contribution in [3.05, 3.63) is 151 Å². The number of nitrogens with zero attached hydrogens (tertiary/aromatic N) is 3. The topological polar surface area (TPSA) is 51.8 Å². The molecule has 45 heavy (non-hydrogen) atoms. The first-order chi connectivity index (χ1) is 29.8. The van der Waals surface area contributed by atoms with Gasteiger partial charge in [0.25, 0.3) is 0 Å². The van der Waals surface area contributed by atoms with Crippen molar-refractivity contribution in [1.29, 1.82) is 0 Å². The van der Waals surface area contributed by atoms with E-state index in [2.05, 4.69) is 15.0 Å². The van der Waals surface area contributed by atoms with Gasteiger partial charge in [-0.15, -0.1) is 0 Å². The number of hydrogen-bond donors (Lipinski definition) is 0. The van der Waals surface area contributed by atoms with E-state index in [1.54, 1.807) is 24.3 Å². The number of fused-ring (bicyclic) bond motifs is 5. The highest BCUT2D eigenvalue weighted by atomic mass is 16.3. The third kappa shape index (κ3) is 4.27. The van der Waals surface area contributed by atoms with Gasteiger partial charge < -0.3 is 4.42 Å². The van der Waals surface area contributed by atoms with Gasteiger partial charge in [0.15, 0.2) is 17.5 Å². The predicted molar refractivity (Wildman–Crippen MR) is 184 cm³/mol. The van der Waals surface area contributed by atoms with Gasteiger partial charge in [0.1, 0.15) is 11.2 Å². The van der Waals surface area contributed by atoms with Gasteiger partial charge in [-0.25, -0.2) is 15.0 Å². The van der Waals surface area contributed by atoms with Crippen LogP contribution in [-0.2, 0) is 0 Å². The van der Waals surface area contributed by atoms with E-state index in [0.717, 1.165) is 5.39 Å². The maximum atomic E-state index is 9.63. The molecule has 0 aliphatic heterocycles. The summed E-state index contributed by atoms with van der Waals surface area (Å²) in [4.78, 5) is 13.4. The van der Waals surface area contributed by atoms with Gasteiger partial charge in [-0.2, -0.15) is 0 Å². The molecule has 9 aromatic rings. The summed E-state index contributed by atoms with van der Waals surface area (Å²) in [6.07, 6.45) is 0. The second-order valence-electron chi connectivity index (χ2n) is 9.84. The molecule has 0 bridgehead atoms. The van der Waals surface area contributed by atoms with Crippen molar-refractivity contribution in [2.75, 3.05) is 0 Å². The monoisotopic (exact) mass is 593 g/mol. The minimum atomic E-state index is -0.806. The molecule has 4 heteroatoms. The summed E-state index contributed by atoms with van der Waals surface area (Å²) < 4.78 is 164. The molecule has 0 atom stereocenters. The summed E-state index contributed by atoms with van der Waals surface area (Å²) in [6, 6.07) is -0.313. The molecule has 0 radical (unpaired) electrons. The Morgan fingerprint density at radius 2 is 1.18 bits per heavy atom. The van der Waals surface area contributed by atoms with Crippen LogP contribution in [0.25, 0.3) is 88.8 Å². The molecule has 0 fully saturated rings. The van der Waals surface area contributed by atoms with Gasteiger partial charge in [0, 0.05) is 27.5 Å². The van der Waals surface area contributed by atoms with Crippen molar-refractivity contribution in [3.8, 4) is 45.3 Å². The highest BCUT2D eigenvalue weighted by Gasteiger charge is 2.19. The Bertz CT molecular complexity index is 3530. The first-order valence-electron chi connectivity index (χ1n) is 22.6. The van der Waals surface area contributed by atoms with E-state index >= 15 is 0 Å². The van der Waals surface area contributed by atoms with Crippen LogP contribution >= 0.6 is 0 Å². The number of furan rings is 1. The van der Waals surface area contributed by atoms with Crippen LogP contribution in [0.5, 0.6) is 0 Å². The fourth-order valence-electron chi connectivity index (χ4n) is 5.25. The zero-order valence-electron chi connectivity index (χ0n) is 40.8. The first-order valence-corrected chi connectivity index (χ1v) is 13.6. The molecule has 7 aromatic carbocycles. The van der Waals surface area contributed by atoms with Gasteiger partial charge in [0.2, 0.25) is 0 Å². The first kappa shape index (κ1) is 13.2. The fraction of sp³-hybridized carbons (Fsp3) is 0. The second-order valence-corrected chi connectivity index (χ2v) is 9.84. The quantitative estimate of drug-likeness (QED) is 0.204. The Morgan fingerprint density at radius 1 is 0.444 bits per heavy atom. The summed E-state index contributed by atoms with van der Waals surface area (Å²) >= 11 is 0. The lowest BCUT2D eigenvalue weighted by molar-refractivity contribution is 0.669. The van der Waals surface area contributed by atoms with Gasteiger partial charge in [-0.05, 0) is 50.8 Å². The third-order valence-corrected chi connectivity index (χ3v) is 7.25. The zero-order valence-corrected chi connectivity index (χ0v) is 22.8. The molecule has 0 spiro atoms. The maximum absolute atomic E-state index is 9.63. The van der Waals surface area contributed by atoms with Crippen molar-refractivity contribution in [2.45, 2.75) is 0 Å². The molecule has 0 amide bonds. The van der Waals surface area contributed by atoms with Gasteiger partial charge in [-0.1, -0.05) is 133 Å². The molecule has 0 aliphatic carbocycles. The molecule has 0 aliphatic rings. The molecule has 210 valence electrons. The minimum absolute atomic E-state index is 0.0139. The average Bonchev–Trinajstić information content (AvgIpc) is 3.67. The van der Waals surface area contributed by atoms with Gasteiger partial charge >= 0.3 is 0 Å². The number of rotatable bonds is 4. The molecule has 2 heterocycles. The summed E-state index contributed by atoms with van der Waals surface area (Å²) in [5.74, 6) is -1.98. The van der Waals surface area contributed by atoms with Crippen molar-refractivity contribution in [3.63, 3.8) is 0 Å². The van der Waals surface area contributed by atoms with Crippen LogP contribution in [0.15, 0.2) is 156 Å². The van der Waals surface area contributed by atoms with E-state index < -0.39 is 153 Å². The molecular weight excluding hydrogens is 550 g/mol. The Morgan fingerprint density at radius 3 is 2.11 bits per heavy atom. The van der Waals surface area contributed by atoms with Gasteiger partial charge in [-0.3, -0.25) is 0 Å². The standard InChI is InChI=1S/C41H25N3O/c1-2-13-28(14-3-1)39-42-40(33-20-9-16-27-12-5-7-18-31(27)33)44-41(43-39)34-21-10-22-37-38(34)35-25-29(23-24-36(35)45-37)32-19-8-15-26-11-4-6-17-30(26)32/h1-25H/i1D,2D,3D,5D,7D,9D,10D,12D,13D,14D,16D,18D,20D,21D,22D,23D,24D,25D. The summed E-state index contributed by atoms with van der Waals surface area (Å²) in [7, 11) is 0. The SMILES string of the molecule is [2H]c1c([2H])c([2H])c(-c2nc(-c3c([2H])c([2H])c([2H])c4c([2H])c([2H])c([2H])c([2H])c34)nc(-c3c([2H])c([2H])c([2H])c4oc5c([2H])c([2H])c(-c6cccc7ccccc67)c([2H])c5c34)n2)c([2H])c1[2H]. The lowest BCUT2D eigenvalue weighted by Gasteiger charge is -2.11. The largest absolute Gasteiger partial charge is 0.456 e. The summed E-state index contributed by atoms with van der Waals surface area (Å²) in [6.45, 7) is 0. The highest BCUT2D eigenvalue weighted by molar-refractivity contribution is 6.13. The highest BCUT2D eigenvalue weighted by Crippen LogP contribution is 2.39. The molecular formula is C41H25N3O. The van der Waals surface area contributed by atoms with Crippen LogP contribution in [0.3, 0.4) is 0 Å². The van der Waals surface area contributed by atoms with Crippen molar-refractivity contribution >= 4 is 43.5 Å². The third-order valence-electron chi connectivity index (χ3n) is 7.25. The Hall–Kier alpha value is -6.13. The molecule has 9 rings (SSSR count). The minimum Gasteiger partial charge on any atom is -0.456 e. The molecule has 0 saturated carbocycles. The Kier molecular flexibility index (Phi) is 3.02. The van der Waals surface area contributed by atoms with Crippen molar-refractivity contribution < 1.29 is 29.1 Å². The van der Waals surface area contributed by atoms with E-state index in [1.807, 2.05) is 18.2 Å².